The summed E-state index contributed by atoms with van der Waals surface area (Å²) in [7, 11) is 1.28. The Balaban J connectivity index is 1.53. The second-order valence-electron chi connectivity index (χ2n) is 8.17. The number of ether oxygens (including phenoxy) is 2. The number of anilines is 1. The number of esters is 1. The van der Waals surface area contributed by atoms with Crippen molar-refractivity contribution < 1.29 is 28.7 Å². The van der Waals surface area contributed by atoms with Crippen LogP contribution in [0.15, 0.2) is 54.6 Å². The standard InChI is InChI=1S/C25H26N2O6/c1-32-25(31)17-11-13-19(14-12-17)27-22(28)15-21(24(27)30)26(18-7-5-6-8-18)23(29)16-33-20-9-3-2-4-10-20/h2-4,9-14,18,21H,5-8,15-16H2,1H3. The third kappa shape index (κ3) is 4.74. The van der Waals surface area contributed by atoms with Gasteiger partial charge in [-0.3, -0.25) is 14.4 Å². The summed E-state index contributed by atoms with van der Waals surface area (Å²) in [5.74, 6) is -1.06. The molecule has 0 aromatic heterocycles. The summed E-state index contributed by atoms with van der Waals surface area (Å²) in [4.78, 5) is 53.7. The van der Waals surface area contributed by atoms with Gasteiger partial charge in [-0.2, -0.15) is 0 Å². The van der Waals surface area contributed by atoms with Gasteiger partial charge in [-0.1, -0.05) is 31.0 Å². The van der Waals surface area contributed by atoms with Crippen molar-refractivity contribution in [2.24, 2.45) is 0 Å². The molecular weight excluding hydrogens is 424 g/mol. The quantitative estimate of drug-likeness (QED) is 0.476. The number of amides is 3. The number of hydrogen-bond donors (Lipinski definition) is 0. The molecule has 1 atom stereocenters. The normalized spacial score (nSPS) is 18.5. The number of rotatable bonds is 7. The van der Waals surface area contributed by atoms with Gasteiger partial charge >= 0.3 is 5.97 Å². The van der Waals surface area contributed by atoms with Crippen LogP contribution in [0.25, 0.3) is 0 Å². The molecule has 0 N–H and O–H groups in total. The van der Waals surface area contributed by atoms with E-state index in [0.29, 0.717) is 17.0 Å². The van der Waals surface area contributed by atoms with E-state index in [2.05, 4.69) is 4.74 Å². The van der Waals surface area contributed by atoms with Crippen LogP contribution in [-0.4, -0.2) is 54.4 Å². The van der Waals surface area contributed by atoms with E-state index >= 15 is 0 Å². The lowest BCUT2D eigenvalue weighted by Crippen LogP contribution is -2.51. The van der Waals surface area contributed by atoms with Crippen LogP contribution in [0, 0.1) is 0 Å². The van der Waals surface area contributed by atoms with Gasteiger partial charge in [0, 0.05) is 6.04 Å². The Morgan fingerprint density at radius 3 is 2.30 bits per heavy atom. The molecule has 8 nitrogen and oxygen atoms in total. The monoisotopic (exact) mass is 450 g/mol. The highest BCUT2D eigenvalue weighted by molar-refractivity contribution is 6.23. The minimum atomic E-state index is -0.868. The summed E-state index contributed by atoms with van der Waals surface area (Å²) >= 11 is 0. The molecule has 3 amide bonds. The summed E-state index contributed by atoms with van der Waals surface area (Å²) in [5.41, 5.74) is 0.678. The first kappa shape index (κ1) is 22.5. The highest BCUT2D eigenvalue weighted by Gasteiger charge is 2.46. The van der Waals surface area contributed by atoms with E-state index in [4.69, 9.17) is 4.74 Å². The van der Waals surface area contributed by atoms with E-state index in [1.807, 2.05) is 18.2 Å². The minimum Gasteiger partial charge on any atom is -0.484 e. The molecule has 2 aliphatic rings. The molecule has 0 radical (unpaired) electrons. The predicted octanol–water partition coefficient (Wildman–Crippen LogP) is 2.96. The van der Waals surface area contributed by atoms with E-state index in [1.54, 1.807) is 17.0 Å². The van der Waals surface area contributed by atoms with Crippen LogP contribution < -0.4 is 9.64 Å². The molecular formula is C25H26N2O6. The molecule has 2 aromatic carbocycles. The Labute approximate surface area is 192 Å². The van der Waals surface area contributed by atoms with Crippen LogP contribution in [0.3, 0.4) is 0 Å². The van der Waals surface area contributed by atoms with E-state index in [1.165, 1.54) is 31.4 Å². The highest BCUT2D eigenvalue weighted by atomic mass is 16.5. The number of benzene rings is 2. The first-order valence-corrected chi connectivity index (χ1v) is 11.0. The van der Waals surface area contributed by atoms with Crippen molar-refractivity contribution in [1.82, 2.24) is 4.90 Å². The average Bonchev–Trinajstić information content (AvgIpc) is 3.46. The fourth-order valence-corrected chi connectivity index (χ4v) is 4.52. The summed E-state index contributed by atoms with van der Waals surface area (Å²) in [6.45, 7) is -0.202. The molecule has 0 spiro atoms. The van der Waals surface area contributed by atoms with Crippen LogP contribution in [0.1, 0.15) is 42.5 Å². The zero-order chi connectivity index (χ0) is 23.4. The Hall–Kier alpha value is -3.68. The number of imide groups is 1. The highest BCUT2D eigenvalue weighted by Crippen LogP contribution is 2.32. The Bertz CT molecular complexity index is 1030. The van der Waals surface area contributed by atoms with Gasteiger partial charge in [0.1, 0.15) is 11.8 Å². The van der Waals surface area contributed by atoms with Gasteiger partial charge in [0.05, 0.1) is 24.8 Å². The van der Waals surface area contributed by atoms with Crippen molar-refractivity contribution in [2.75, 3.05) is 18.6 Å². The van der Waals surface area contributed by atoms with Crippen molar-refractivity contribution in [3.05, 3.63) is 60.2 Å². The van der Waals surface area contributed by atoms with Crippen molar-refractivity contribution in [2.45, 2.75) is 44.2 Å². The second kappa shape index (κ2) is 9.85. The zero-order valence-corrected chi connectivity index (χ0v) is 18.4. The molecule has 33 heavy (non-hydrogen) atoms. The zero-order valence-electron chi connectivity index (χ0n) is 18.4. The number of hydrogen-bond acceptors (Lipinski definition) is 6. The maximum absolute atomic E-state index is 13.3. The smallest absolute Gasteiger partial charge is 0.337 e. The van der Waals surface area contributed by atoms with Gasteiger partial charge < -0.3 is 14.4 Å². The maximum Gasteiger partial charge on any atom is 0.337 e. The predicted molar refractivity (Wildman–Crippen MR) is 120 cm³/mol. The van der Waals surface area contributed by atoms with Gasteiger partial charge in [-0.05, 0) is 49.2 Å². The van der Waals surface area contributed by atoms with E-state index in [-0.39, 0.29) is 30.9 Å². The molecule has 2 aromatic rings. The lowest BCUT2D eigenvalue weighted by atomic mass is 10.1. The second-order valence-corrected chi connectivity index (χ2v) is 8.17. The summed E-state index contributed by atoms with van der Waals surface area (Å²) in [6, 6.07) is 14.1. The van der Waals surface area contributed by atoms with Gasteiger partial charge in [0.25, 0.3) is 11.8 Å². The molecule has 1 saturated carbocycles. The van der Waals surface area contributed by atoms with Crippen molar-refractivity contribution in [1.29, 1.82) is 0 Å². The minimum absolute atomic E-state index is 0.0782. The van der Waals surface area contributed by atoms with Gasteiger partial charge in [0.2, 0.25) is 5.91 Å². The molecule has 4 rings (SSSR count). The van der Waals surface area contributed by atoms with Gasteiger partial charge in [-0.15, -0.1) is 0 Å². The maximum atomic E-state index is 13.3. The summed E-state index contributed by atoms with van der Waals surface area (Å²) in [5, 5.41) is 0. The number of carbonyl (C=O) groups excluding carboxylic acids is 4. The van der Waals surface area contributed by atoms with Crippen LogP contribution in [0.4, 0.5) is 5.69 Å². The first-order chi connectivity index (χ1) is 16.0. The molecule has 1 heterocycles. The SMILES string of the molecule is COC(=O)c1ccc(N2C(=O)CC(N(C(=O)COc3ccccc3)C3CCCC3)C2=O)cc1. The van der Waals surface area contributed by atoms with Crippen molar-refractivity contribution in [3.63, 3.8) is 0 Å². The topological polar surface area (TPSA) is 93.2 Å². The third-order valence-corrected chi connectivity index (χ3v) is 6.12. The molecule has 1 unspecified atom stereocenters. The summed E-state index contributed by atoms with van der Waals surface area (Å²) in [6.07, 6.45) is 3.46. The van der Waals surface area contributed by atoms with E-state index in [0.717, 1.165) is 30.6 Å². The number of nitrogens with zero attached hydrogens (tertiary/aromatic N) is 2. The van der Waals surface area contributed by atoms with E-state index < -0.39 is 17.9 Å². The van der Waals surface area contributed by atoms with Gasteiger partial charge in [0.15, 0.2) is 6.61 Å². The molecule has 8 heteroatoms. The lowest BCUT2D eigenvalue weighted by molar-refractivity contribution is -0.142. The number of carbonyl (C=O) groups is 4. The lowest BCUT2D eigenvalue weighted by Gasteiger charge is -2.33. The first-order valence-electron chi connectivity index (χ1n) is 11.0. The summed E-state index contributed by atoms with van der Waals surface area (Å²) < 4.78 is 10.3. The van der Waals surface area contributed by atoms with Crippen LogP contribution in [-0.2, 0) is 19.1 Å². The molecule has 2 fully saturated rings. The average molecular weight is 450 g/mol. The number of methoxy groups -OCH3 is 1. The van der Waals surface area contributed by atoms with Gasteiger partial charge in [-0.25, -0.2) is 9.69 Å². The van der Waals surface area contributed by atoms with Crippen LogP contribution in [0.2, 0.25) is 0 Å². The van der Waals surface area contributed by atoms with Crippen LogP contribution in [0.5, 0.6) is 5.75 Å². The fraction of sp³-hybridized carbons (Fsp3) is 0.360. The fourth-order valence-electron chi connectivity index (χ4n) is 4.52. The van der Waals surface area contributed by atoms with Crippen molar-refractivity contribution in [3.8, 4) is 5.75 Å². The van der Waals surface area contributed by atoms with E-state index in [9.17, 15) is 19.2 Å². The van der Waals surface area contributed by atoms with Crippen LogP contribution >= 0.6 is 0 Å². The largest absolute Gasteiger partial charge is 0.484 e. The molecule has 1 saturated heterocycles. The molecule has 1 aliphatic carbocycles. The number of para-hydroxylation sites is 1. The molecule has 0 bridgehead atoms. The third-order valence-electron chi connectivity index (χ3n) is 6.12. The Kier molecular flexibility index (Phi) is 6.72. The van der Waals surface area contributed by atoms with Crippen molar-refractivity contribution >= 4 is 29.4 Å². The Morgan fingerprint density at radius 1 is 1.00 bits per heavy atom. The Morgan fingerprint density at radius 2 is 1.67 bits per heavy atom. The molecule has 172 valence electrons. The molecule has 1 aliphatic heterocycles.